The van der Waals surface area contributed by atoms with E-state index >= 15 is 0 Å². The van der Waals surface area contributed by atoms with Crippen molar-refractivity contribution < 1.29 is 13.2 Å². The number of rotatable bonds is 3. The van der Waals surface area contributed by atoms with Crippen LogP contribution in [0.1, 0.15) is 19.8 Å². The minimum Gasteiger partial charge on any atom is -0.355 e. The topological polar surface area (TPSA) is 27.1 Å². The third-order valence-corrected chi connectivity index (χ3v) is 1.36. The molecule has 2 nitrogen and oxygen atoms in total. The Labute approximate surface area is 69.9 Å². The zero-order chi connectivity index (χ0) is 9.78. The van der Waals surface area contributed by atoms with Crippen LogP contribution in [0, 0.1) is 5.41 Å². The second-order valence-electron chi connectivity index (χ2n) is 2.67. The molecule has 0 spiro atoms. The highest BCUT2D eigenvalue weighted by molar-refractivity contribution is 5.78. The molecule has 0 aliphatic carbocycles. The third-order valence-electron chi connectivity index (χ3n) is 1.36. The van der Waals surface area contributed by atoms with E-state index in [0.29, 0.717) is 12.8 Å². The van der Waals surface area contributed by atoms with Gasteiger partial charge in [-0.3, -0.25) is 5.41 Å². The largest absolute Gasteiger partial charge is 0.405 e. The van der Waals surface area contributed by atoms with Crippen LogP contribution in [-0.2, 0) is 0 Å². The van der Waals surface area contributed by atoms with Crippen molar-refractivity contribution in [2.45, 2.75) is 25.9 Å². The van der Waals surface area contributed by atoms with Crippen molar-refractivity contribution in [3.05, 3.63) is 0 Å². The Hall–Kier alpha value is -0.740. The molecule has 0 bridgehead atoms. The molecule has 0 radical (unpaired) electrons. The van der Waals surface area contributed by atoms with Gasteiger partial charge in [-0.2, -0.15) is 13.2 Å². The van der Waals surface area contributed by atoms with Gasteiger partial charge in [0.1, 0.15) is 6.54 Å². The number of hydrogen-bond donors (Lipinski definition) is 1. The lowest BCUT2D eigenvalue weighted by molar-refractivity contribution is -0.136. The Morgan fingerprint density at radius 2 is 1.92 bits per heavy atom. The fourth-order valence-corrected chi connectivity index (χ4v) is 0.792. The van der Waals surface area contributed by atoms with Crippen LogP contribution >= 0.6 is 0 Å². The van der Waals surface area contributed by atoms with Gasteiger partial charge in [0.2, 0.25) is 0 Å². The minimum absolute atomic E-state index is 0.0369. The van der Waals surface area contributed by atoms with Crippen LogP contribution in [0.2, 0.25) is 0 Å². The van der Waals surface area contributed by atoms with Crippen LogP contribution in [0.25, 0.3) is 0 Å². The molecule has 0 aliphatic rings. The predicted octanol–water partition coefficient (Wildman–Crippen LogP) is 2.26. The average molecular weight is 182 g/mol. The molecule has 12 heavy (non-hydrogen) atoms. The first kappa shape index (κ1) is 11.3. The van der Waals surface area contributed by atoms with Crippen LogP contribution in [0.15, 0.2) is 0 Å². The van der Waals surface area contributed by atoms with Crippen LogP contribution in [-0.4, -0.2) is 30.5 Å². The number of halogens is 3. The second kappa shape index (κ2) is 4.33. The summed E-state index contributed by atoms with van der Waals surface area (Å²) in [5.74, 6) is 0.0369. The molecule has 0 amide bonds. The summed E-state index contributed by atoms with van der Waals surface area (Å²) in [6.07, 6.45) is -3.12. The van der Waals surface area contributed by atoms with Gasteiger partial charge in [-0.05, 0) is 6.42 Å². The number of hydrogen-bond acceptors (Lipinski definition) is 1. The van der Waals surface area contributed by atoms with E-state index in [2.05, 4.69) is 0 Å². The van der Waals surface area contributed by atoms with Gasteiger partial charge in [-0.1, -0.05) is 6.92 Å². The predicted molar refractivity (Wildman–Crippen MR) is 41.3 cm³/mol. The van der Waals surface area contributed by atoms with Crippen molar-refractivity contribution in [3.8, 4) is 0 Å². The lowest BCUT2D eigenvalue weighted by Crippen LogP contribution is -2.35. The molecule has 0 heterocycles. The Morgan fingerprint density at radius 1 is 1.42 bits per heavy atom. The molecular weight excluding hydrogens is 169 g/mol. The number of nitrogens with zero attached hydrogens (tertiary/aromatic N) is 1. The molecule has 0 aliphatic heterocycles. The van der Waals surface area contributed by atoms with Gasteiger partial charge in [0.25, 0.3) is 0 Å². The Balaban J connectivity index is 3.87. The third kappa shape index (κ3) is 4.98. The van der Waals surface area contributed by atoms with E-state index in [1.165, 1.54) is 7.05 Å². The summed E-state index contributed by atoms with van der Waals surface area (Å²) in [5, 5.41) is 7.20. The molecule has 0 atom stereocenters. The fraction of sp³-hybridized carbons (Fsp3) is 0.857. The summed E-state index contributed by atoms with van der Waals surface area (Å²) in [5.41, 5.74) is 0. The molecule has 0 aromatic rings. The van der Waals surface area contributed by atoms with Gasteiger partial charge in [-0.25, -0.2) is 0 Å². The highest BCUT2D eigenvalue weighted by Crippen LogP contribution is 2.16. The van der Waals surface area contributed by atoms with Crippen molar-refractivity contribution >= 4 is 5.84 Å². The van der Waals surface area contributed by atoms with Gasteiger partial charge < -0.3 is 4.90 Å². The summed E-state index contributed by atoms with van der Waals surface area (Å²) < 4.78 is 35.3. The van der Waals surface area contributed by atoms with Crippen LogP contribution in [0.3, 0.4) is 0 Å². The first-order valence-corrected chi connectivity index (χ1v) is 3.72. The van der Waals surface area contributed by atoms with Crippen LogP contribution < -0.4 is 0 Å². The van der Waals surface area contributed by atoms with E-state index in [4.69, 9.17) is 5.41 Å². The standard InChI is InChI=1S/C7H13F3N2/c1-3-4-6(11)12(2)5-7(8,9)10/h11H,3-5H2,1-2H3. The molecule has 5 heteroatoms. The minimum atomic E-state index is -4.21. The van der Waals surface area contributed by atoms with Crippen molar-refractivity contribution in [1.29, 1.82) is 5.41 Å². The lowest BCUT2D eigenvalue weighted by atomic mass is 10.3. The maximum absolute atomic E-state index is 11.8. The van der Waals surface area contributed by atoms with Crippen LogP contribution in [0.5, 0.6) is 0 Å². The average Bonchev–Trinajstić information content (AvgIpc) is 1.84. The molecule has 0 saturated heterocycles. The van der Waals surface area contributed by atoms with Gasteiger partial charge in [0, 0.05) is 13.5 Å². The zero-order valence-corrected chi connectivity index (χ0v) is 7.20. The molecular formula is C7H13F3N2. The van der Waals surface area contributed by atoms with E-state index in [1.54, 1.807) is 0 Å². The first-order chi connectivity index (χ1) is 5.37. The molecule has 1 N–H and O–H groups in total. The van der Waals surface area contributed by atoms with Crippen molar-refractivity contribution in [3.63, 3.8) is 0 Å². The monoisotopic (exact) mass is 182 g/mol. The van der Waals surface area contributed by atoms with E-state index in [0.717, 1.165) is 4.90 Å². The van der Waals surface area contributed by atoms with Gasteiger partial charge >= 0.3 is 6.18 Å². The van der Waals surface area contributed by atoms with Crippen molar-refractivity contribution in [1.82, 2.24) is 4.90 Å². The summed E-state index contributed by atoms with van der Waals surface area (Å²) in [6.45, 7) is 0.793. The molecule has 72 valence electrons. The highest BCUT2D eigenvalue weighted by atomic mass is 19.4. The maximum Gasteiger partial charge on any atom is 0.405 e. The summed E-state index contributed by atoms with van der Waals surface area (Å²) in [7, 11) is 1.28. The van der Waals surface area contributed by atoms with Gasteiger partial charge in [0.05, 0.1) is 5.84 Å². The Kier molecular flexibility index (Phi) is 4.06. The Bertz CT molecular complexity index is 153. The summed E-state index contributed by atoms with van der Waals surface area (Å²) in [4.78, 5) is 0.920. The fourth-order valence-electron chi connectivity index (χ4n) is 0.792. The second-order valence-corrected chi connectivity index (χ2v) is 2.67. The summed E-state index contributed by atoms with van der Waals surface area (Å²) in [6, 6.07) is 0. The van der Waals surface area contributed by atoms with Crippen molar-refractivity contribution in [2.75, 3.05) is 13.6 Å². The van der Waals surface area contributed by atoms with E-state index in [9.17, 15) is 13.2 Å². The van der Waals surface area contributed by atoms with Crippen LogP contribution in [0.4, 0.5) is 13.2 Å². The molecule has 0 fully saturated rings. The SMILES string of the molecule is CCCC(=N)N(C)CC(F)(F)F. The van der Waals surface area contributed by atoms with Gasteiger partial charge in [-0.15, -0.1) is 0 Å². The summed E-state index contributed by atoms with van der Waals surface area (Å²) >= 11 is 0. The lowest BCUT2D eigenvalue weighted by Gasteiger charge is -2.20. The van der Waals surface area contributed by atoms with E-state index in [1.807, 2.05) is 6.92 Å². The molecule has 0 aromatic heterocycles. The first-order valence-electron chi connectivity index (χ1n) is 3.72. The quantitative estimate of drug-likeness (QED) is 0.526. The smallest absolute Gasteiger partial charge is 0.355 e. The zero-order valence-electron chi connectivity index (χ0n) is 7.20. The molecule has 0 saturated carbocycles. The van der Waals surface area contributed by atoms with Crippen molar-refractivity contribution in [2.24, 2.45) is 0 Å². The number of nitrogens with one attached hydrogen (secondary N) is 1. The van der Waals surface area contributed by atoms with E-state index < -0.39 is 12.7 Å². The molecule has 0 rings (SSSR count). The number of alkyl halides is 3. The number of amidine groups is 1. The van der Waals surface area contributed by atoms with E-state index in [-0.39, 0.29) is 5.84 Å². The Morgan fingerprint density at radius 3 is 2.25 bits per heavy atom. The van der Waals surface area contributed by atoms with Gasteiger partial charge in [0.15, 0.2) is 0 Å². The normalized spacial score (nSPS) is 11.4. The highest BCUT2D eigenvalue weighted by Gasteiger charge is 2.29. The maximum atomic E-state index is 11.8. The molecule has 0 unspecified atom stereocenters. The molecule has 0 aromatic carbocycles.